The minimum Gasteiger partial charge on any atom is -0.461 e. The molecule has 0 bridgehead atoms. The van der Waals surface area contributed by atoms with Gasteiger partial charge in [0.05, 0.1) is 22.5 Å². The number of ether oxygens (including phenoxy) is 1. The summed E-state index contributed by atoms with van der Waals surface area (Å²) in [6.07, 6.45) is 0.0331. The van der Waals surface area contributed by atoms with Crippen LogP contribution in [-0.4, -0.2) is 46.2 Å². The smallest absolute Gasteiger partial charge is 0.335 e. The lowest BCUT2D eigenvalue weighted by molar-refractivity contribution is 0.0859. The average Bonchev–Trinajstić information content (AvgIpc) is 2.96. The number of carbonyl (C=O) groups is 1. The van der Waals surface area contributed by atoms with Gasteiger partial charge in [0.1, 0.15) is 11.6 Å². The molecular weight excluding hydrogens is 449 g/mol. The Labute approximate surface area is 190 Å². The highest BCUT2D eigenvalue weighted by Crippen LogP contribution is 2.37. The van der Waals surface area contributed by atoms with Gasteiger partial charge in [-0.15, -0.1) is 0 Å². The Kier molecular flexibility index (Phi) is 5.68. The van der Waals surface area contributed by atoms with Crippen LogP contribution in [0.3, 0.4) is 0 Å². The summed E-state index contributed by atoms with van der Waals surface area (Å²) in [6, 6.07) is 7.76. The van der Waals surface area contributed by atoms with Gasteiger partial charge in [0.2, 0.25) is 6.36 Å². The number of carbonyl (C=O) groups excluding carboxylic acids is 1. The topological polar surface area (TPSA) is 100 Å². The van der Waals surface area contributed by atoms with Crippen LogP contribution < -0.4 is 10.4 Å². The van der Waals surface area contributed by atoms with E-state index in [1.54, 1.807) is 29.7 Å². The number of benzene rings is 1. The van der Waals surface area contributed by atoms with Gasteiger partial charge in [-0.25, -0.2) is 27.2 Å². The van der Waals surface area contributed by atoms with Crippen LogP contribution in [0, 0.1) is 5.41 Å². The Morgan fingerprint density at radius 1 is 1.18 bits per heavy atom. The number of alkyl halides is 1. The van der Waals surface area contributed by atoms with Crippen LogP contribution in [0.25, 0.3) is 16.9 Å². The van der Waals surface area contributed by atoms with Gasteiger partial charge >= 0.3 is 5.69 Å². The summed E-state index contributed by atoms with van der Waals surface area (Å²) in [5.74, 6) is 0.345. The first-order chi connectivity index (χ1) is 15.4. The highest BCUT2D eigenvalue weighted by Gasteiger charge is 2.45. The van der Waals surface area contributed by atoms with E-state index < -0.39 is 21.6 Å². The maximum atomic E-state index is 13.3. The summed E-state index contributed by atoms with van der Waals surface area (Å²) >= 11 is 0. The van der Waals surface area contributed by atoms with E-state index in [1.807, 2.05) is 13.8 Å². The number of pyridine rings is 1. The fraction of sp³-hybridized carbons (Fsp3) is 0.435. The number of rotatable bonds is 7. The lowest BCUT2D eigenvalue weighted by Crippen LogP contribution is -2.47. The second-order valence-corrected chi connectivity index (χ2v) is 11.3. The molecule has 0 N–H and O–H groups in total. The molecule has 33 heavy (non-hydrogen) atoms. The van der Waals surface area contributed by atoms with Crippen LogP contribution in [0.4, 0.5) is 4.39 Å². The van der Waals surface area contributed by atoms with Gasteiger partial charge in [-0.1, -0.05) is 6.92 Å². The molecule has 1 unspecified atom stereocenters. The summed E-state index contributed by atoms with van der Waals surface area (Å²) < 4.78 is 44.5. The lowest BCUT2D eigenvalue weighted by atomic mass is 9.86. The van der Waals surface area contributed by atoms with Gasteiger partial charge in [-0.05, 0) is 38.1 Å². The van der Waals surface area contributed by atoms with E-state index in [9.17, 15) is 22.4 Å². The molecule has 8 nitrogen and oxygen atoms in total. The number of halogens is 1. The number of hydrogen-bond acceptors (Lipinski definition) is 6. The molecule has 0 amide bonds. The molecule has 0 radical (unpaired) electrons. The van der Waals surface area contributed by atoms with E-state index in [0.29, 0.717) is 16.6 Å². The van der Waals surface area contributed by atoms with Crippen LogP contribution >= 0.6 is 0 Å². The van der Waals surface area contributed by atoms with Gasteiger partial charge in [-0.2, -0.15) is 0 Å². The van der Waals surface area contributed by atoms with Crippen molar-refractivity contribution < 1.29 is 22.3 Å². The first-order valence-corrected chi connectivity index (χ1v) is 12.5. The van der Waals surface area contributed by atoms with Crippen molar-refractivity contribution in [3.63, 3.8) is 0 Å². The standard InChI is InChI=1S/C23H26FN3O5S/c1-14(2)26-19-9-16(20(28)11-23(4)12-33(30,31)13-23)5-6-18(19)27(22(26)29)21-10-17(7-8-25-21)32-15(3)24/h5-10,14-15H,11-13H2,1-4H3. The SMILES string of the molecule is CC(F)Oc1ccnc(-n2c(=O)n(C(C)C)c3cc(C(=O)CC4(C)CS(=O)(=O)C4)ccc32)c1. The van der Waals surface area contributed by atoms with Crippen LogP contribution in [0.5, 0.6) is 5.75 Å². The molecule has 3 heterocycles. The molecule has 2 aromatic heterocycles. The molecule has 1 fully saturated rings. The van der Waals surface area contributed by atoms with E-state index in [2.05, 4.69) is 4.98 Å². The van der Waals surface area contributed by atoms with Crippen molar-refractivity contribution in [2.45, 2.75) is 46.5 Å². The van der Waals surface area contributed by atoms with Crippen LogP contribution in [0.1, 0.15) is 50.5 Å². The summed E-state index contributed by atoms with van der Waals surface area (Å²) in [5.41, 5.74) is 0.599. The third-order valence-electron chi connectivity index (χ3n) is 5.68. The molecule has 1 atom stereocenters. The number of nitrogens with zero attached hydrogens (tertiary/aromatic N) is 3. The number of aromatic nitrogens is 3. The van der Waals surface area contributed by atoms with Crippen molar-refractivity contribution in [3.8, 4) is 11.6 Å². The molecule has 4 rings (SSSR count). The van der Waals surface area contributed by atoms with Crippen molar-refractivity contribution in [1.29, 1.82) is 0 Å². The zero-order chi connectivity index (χ0) is 24.1. The van der Waals surface area contributed by atoms with E-state index in [1.165, 1.54) is 29.8 Å². The van der Waals surface area contributed by atoms with E-state index in [4.69, 9.17) is 4.74 Å². The summed E-state index contributed by atoms with van der Waals surface area (Å²) in [6.45, 7) is 6.77. The van der Waals surface area contributed by atoms with Crippen molar-refractivity contribution in [3.05, 3.63) is 52.6 Å². The van der Waals surface area contributed by atoms with Crippen LogP contribution in [0.2, 0.25) is 0 Å². The maximum absolute atomic E-state index is 13.3. The molecule has 176 valence electrons. The Bertz CT molecular complexity index is 1390. The van der Waals surface area contributed by atoms with Crippen molar-refractivity contribution in [2.24, 2.45) is 5.41 Å². The van der Waals surface area contributed by atoms with Crippen LogP contribution in [-0.2, 0) is 9.84 Å². The number of sulfone groups is 1. The Morgan fingerprint density at radius 2 is 1.88 bits per heavy atom. The quantitative estimate of drug-likeness (QED) is 0.485. The molecule has 3 aromatic rings. The summed E-state index contributed by atoms with van der Waals surface area (Å²) in [5, 5.41) is 0. The third kappa shape index (κ3) is 4.44. The summed E-state index contributed by atoms with van der Waals surface area (Å²) in [4.78, 5) is 30.5. The second kappa shape index (κ2) is 8.09. The number of Topliss-reactive ketones (excluding diaryl/α,β-unsaturated/α-hetero) is 1. The van der Waals surface area contributed by atoms with E-state index in [-0.39, 0.29) is 47.0 Å². The minimum atomic E-state index is -3.06. The number of imidazole rings is 1. The highest BCUT2D eigenvalue weighted by molar-refractivity contribution is 7.92. The molecular formula is C23H26FN3O5S. The Morgan fingerprint density at radius 3 is 2.48 bits per heavy atom. The van der Waals surface area contributed by atoms with Gasteiger partial charge in [0.25, 0.3) is 0 Å². The zero-order valence-electron chi connectivity index (χ0n) is 18.9. The fourth-order valence-corrected chi connectivity index (χ4v) is 6.75. The predicted molar refractivity (Wildman–Crippen MR) is 123 cm³/mol. The number of fused-ring (bicyclic) bond motifs is 1. The minimum absolute atomic E-state index is 0.00262. The van der Waals surface area contributed by atoms with E-state index in [0.717, 1.165) is 0 Å². The first-order valence-electron chi connectivity index (χ1n) is 10.7. The molecule has 1 aliphatic heterocycles. The zero-order valence-corrected chi connectivity index (χ0v) is 19.7. The average molecular weight is 476 g/mol. The maximum Gasteiger partial charge on any atom is 0.335 e. The monoisotopic (exact) mass is 475 g/mol. The van der Waals surface area contributed by atoms with E-state index >= 15 is 0 Å². The van der Waals surface area contributed by atoms with Gasteiger partial charge < -0.3 is 4.74 Å². The van der Waals surface area contributed by atoms with Crippen molar-refractivity contribution in [2.75, 3.05) is 11.5 Å². The van der Waals surface area contributed by atoms with Crippen molar-refractivity contribution in [1.82, 2.24) is 14.1 Å². The fourth-order valence-electron chi connectivity index (χ4n) is 4.51. The number of ketones is 1. The normalized spacial score (nSPS) is 17.6. The Hall–Kier alpha value is -3.01. The van der Waals surface area contributed by atoms with Crippen molar-refractivity contribution >= 4 is 26.7 Å². The predicted octanol–water partition coefficient (Wildman–Crippen LogP) is 3.47. The molecule has 1 aliphatic rings. The molecule has 0 aliphatic carbocycles. The van der Waals surface area contributed by atoms with Crippen LogP contribution in [0.15, 0.2) is 41.3 Å². The largest absolute Gasteiger partial charge is 0.461 e. The highest BCUT2D eigenvalue weighted by atomic mass is 32.2. The lowest BCUT2D eigenvalue weighted by Gasteiger charge is -2.37. The Balaban J connectivity index is 1.78. The molecule has 0 spiro atoms. The third-order valence-corrected chi connectivity index (χ3v) is 7.95. The summed E-state index contributed by atoms with van der Waals surface area (Å²) in [7, 11) is -3.06. The number of hydrogen-bond donors (Lipinski definition) is 0. The van der Waals surface area contributed by atoms with Gasteiger partial charge in [-0.3, -0.25) is 9.36 Å². The van der Waals surface area contributed by atoms with Gasteiger partial charge in [0.15, 0.2) is 15.6 Å². The first kappa shape index (κ1) is 23.2. The molecule has 1 aromatic carbocycles. The van der Waals surface area contributed by atoms with Gasteiger partial charge in [0, 0.05) is 42.6 Å². The second-order valence-electron chi connectivity index (χ2n) is 9.24. The molecule has 10 heteroatoms. The molecule has 0 saturated carbocycles. The molecule has 1 saturated heterocycles.